The van der Waals surface area contributed by atoms with Gasteiger partial charge in [0.25, 0.3) is 0 Å². The predicted octanol–water partition coefficient (Wildman–Crippen LogP) is 3.88. The first kappa shape index (κ1) is 23.2. The van der Waals surface area contributed by atoms with Crippen LogP contribution in [0.4, 0.5) is 18.9 Å². The maximum Gasteiger partial charge on any atom is 0.238 e. The lowest BCUT2D eigenvalue weighted by Crippen LogP contribution is -2.49. The summed E-state index contributed by atoms with van der Waals surface area (Å²) in [5.41, 5.74) is -0.0271. The molecule has 5 nitrogen and oxygen atoms in total. The van der Waals surface area contributed by atoms with Crippen LogP contribution in [0.3, 0.4) is 0 Å². The van der Waals surface area contributed by atoms with Crippen LogP contribution in [-0.2, 0) is 10.0 Å². The summed E-state index contributed by atoms with van der Waals surface area (Å²) in [4.78, 5) is 2.37. The molecule has 1 atom stereocenters. The topological polar surface area (TPSA) is 75.4 Å². The van der Waals surface area contributed by atoms with Gasteiger partial charge in [-0.2, -0.15) is 0 Å². The van der Waals surface area contributed by atoms with Gasteiger partial charge in [-0.25, -0.2) is 26.7 Å². The number of anilines is 1. The van der Waals surface area contributed by atoms with Gasteiger partial charge < -0.3 is 5.32 Å². The monoisotopic (exact) mass is 479 g/mol. The van der Waals surface area contributed by atoms with Crippen LogP contribution in [0.15, 0.2) is 46.2 Å². The molecule has 1 fully saturated rings. The number of halogens is 4. The number of nitrogens with two attached hydrogens (primary N) is 1. The highest BCUT2D eigenvalue weighted by atomic mass is 35.5. The molecule has 0 unspecified atom stereocenters. The van der Waals surface area contributed by atoms with E-state index in [4.69, 9.17) is 16.7 Å². The normalized spacial score (nSPS) is 16.3. The van der Waals surface area contributed by atoms with Crippen LogP contribution in [0.2, 0.25) is 5.02 Å². The molecule has 30 heavy (non-hydrogen) atoms. The number of rotatable bonds is 9. The summed E-state index contributed by atoms with van der Waals surface area (Å²) in [5.74, 6) is -0.668. The van der Waals surface area contributed by atoms with Crippen molar-refractivity contribution in [1.82, 2.24) is 4.90 Å². The van der Waals surface area contributed by atoms with E-state index in [2.05, 4.69) is 5.32 Å². The zero-order valence-corrected chi connectivity index (χ0v) is 18.2. The van der Waals surface area contributed by atoms with Gasteiger partial charge in [0.2, 0.25) is 10.0 Å². The minimum absolute atomic E-state index is 0.0271. The van der Waals surface area contributed by atoms with Gasteiger partial charge in [-0.3, -0.25) is 4.90 Å². The summed E-state index contributed by atoms with van der Waals surface area (Å²) in [6.45, 7) is 1.35. The lowest BCUT2D eigenvalue weighted by Gasteiger charge is -2.35. The third-order valence-corrected chi connectivity index (χ3v) is 7.03. The van der Waals surface area contributed by atoms with Crippen molar-refractivity contribution in [3.8, 4) is 0 Å². The Balaban J connectivity index is 1.72. The molecular formula is C19H21ClF3N3O2S2. The van der Waals surface area contributed by atoms with Crippen LogP contribution >= 0.6 is 23.4 Å². The van der Waals surface area contributed by atoms with E-state index < -0.39 is 26.9 Å². The second kappa shape index (κ2) is 9.78. The van der Waals surface area contributed by atoms with Crippen LogP contribution in [0, 0.1) is 11.6 Å². The molecule has 1 heterocycles. The molecule has 1 saturated heterocycles. The fourth-order valence-corrected chi connectivity index (χ4v) is 4.86. The number of likely N-dealkylation sites (tertiary alicyclic amines) is 1. The summed E-state index contributed by atoms with van der Waals surface area (Å²) in [7, 11) is -4.09. The lowest BCUT2D eigenvalue weighted by molar-refractivity contribution is 0.0642. The van der Waals surface area contributed by atoms with Gasteiger partial charge in [-0.05, 0) is 42.8 Å². The summed E-state index contributed by atoms with van der Waals surface area (Å²) < 4.78 is 63.6. The molecule has 3 N–H and O–H groups in total. The molecule has 0 aliphatic carbocycles. The second-order valence-corrected chi connectivity index (χ2v) is 10.1. The van der Waals surface area contributed by atoms with Crippen molar-refractivity contribution in [2.45, 2.75) is 28.4 Å². The van der Waals surface area contributed by atoms with E-state index in [1.54, 1.807) is 12.1 Å². The number of primary sulfonamides is 1. The lowest BCUT2D eigenvalue weighted by atomic mass is 10.1. The molecule has 164 valence electrons. The quantitative estimate of drug-likeness (QED) is 0.534. The van der Waals surface area contributed by atoms with E-state index in [1.807, 2.05) is 4.90 Å². The molecule has 0 radical (unpaired) electrons. The second-order valence-electron chi connectivity index (χ2n) is 7.06. The van der Waals surface area contributed by atoms with E-state index in [1.165, 1.54) is 23.9 Å². The largest absolute Gasteiger partial charge is 0.378 e. The third-order valence-electron chi connectivity index (χ3n) is 4.66. The van der Waals surface area contributed by atoms with Crippen molar-refractivity contribution >= 4 is 39.1 Å². The van der Waals surface area contributed by atoms with Crippen molar-refractivity contribution in [1.29, 1.82) is 0 Å². The first-order chi connectivity index (χ1) is 14.1. The van der Waals surface area contributed by atoms with Gasteiger partial charge in [0, 0.05) is 36.3 Å². The van der Waals surface area contributed by atoms with Crippen LogP contribution < -0.4 is 10.5 Å². The fourth-order valence-electron chi connectivity index (χ4n) is 3.01. The number of alkyl halides is 1. The van der Waals surface area contributed by atoms with Crippen LogP contribution in [-0.4, -0.2) is 50.9 Å². The number of benzene rings is 2. The SMILES string of the molecule is NS(=O)(=O)c1cc(F)c(N[C@H](CCN2CC(F)C2)CSc2ccc(F)cc2)c(Cl)c1. The fraction of sp³-hybridized carbons (Fsp3) is 0.368. The molecule has 0 saturated carbocycles. The maximum absolute atomic E-state index is 14.6. The number of nitrogens with zero attached hydrogens (tertiary/aromatic N) is 1. The van der Waals surface area contributed by atoms with Crippen LogP contribution in [0.25, 0.3) is 0 Å². The molecule has 1 aliphatic heterocycles. The third kappa shape index (κ3) is 6.27. The Morgan fingerprint density at radius 1 is 1.23 bits per heavy atom. The van der Waals surface area contributed by atoms with Gasteiger partial charge in [-0.1, -0.05) is 11.6 Å². The minimum Gasteiger partial charge on any atom is -0.378 e. The highest BCUT2D eigenvalue weighted by Gasteiger charge is 2.27. The van der Waals surface area contributed by atoms with Crippen LogP contribution in [0.5, 0.6) is 0 Å². The molecule has 11 heteroatoms. The summed E-state index contributed by atoms with van der Waals surface area (Å²) in [6, 6.07) is 7.66. The molecule has 0 amide bonds. The number of hydrogen-bond donors (Lipinski definition) is 2. The molecule has 2 aromatic carbocycles. The van der Waals surface area contributed by atoms with E-state index in [0.29, 0.717) is 31.8 Å². The zero-order valence-electron chi connectivity index (χ0n) is 15.8. The Morgan fingerprint density at radius 3 is 2.47 bits per heavy atom. The number of thioether (sulfide) groups is 1. The predicted molar refractivity (Wildman–Crippen MR) is 113 cm³/mol. The maximum atomic E-state index is 14.6. The van der Waals surface area contributed by atoms with Crippen molar-refractivity contribution in [3.63, 3.8) is 0 Å². The van der Waals surface area contributed by atoms with Crippen molar-refractivity contribution in [3.05, 3.63) is 53.1 Å². The molecular weight excluding hydrogens is 459 g/mol. The van der Waals surface area contributed by atoms with Gasteiger partial charge >= 0.3 is 0 Å². The Kier molecular flexibility index (Phi) is 7.56. The summed E-state index contributed by atoms with van der Waals surface area (Å²) in [5, 5.41) is 7.97. The average molecular weight is 480 g/mol. The Hall–Kier alpha value is -1.46. The standard InChI is InChI=1S/C19H21ClF3N3O2S2/c20-17-7-16(30(24,27)28)8-18(23)19(17)25-14(5-6-26-9-13(22)10-26)11-29-15-3-1-12(21)2-4-15/h1-4,7-8,13-14,25H,5-6,9-11H2,(H2,24,27,28)/t14-/m1/s1. The van der Waals surface area contributed by atoms with Gasteiger partial charge in [0.05, 0.1) is 15.6 Å². The number of nitrogens with one attached hydrogen (secondary N) is 1. The first-order valence-electron chi connectivity index (χ1n) is 9.15. The van der Waals surface area contributed by atoms with E-state index in [9.17, 15) is 21.6 Å². The molecule has 0 bridgehead atoms. The van der Waals surface area contributed by atoms with Crippen molar-refractivity contribution < 1.29 is 21.6 Å². The van der Waals surface area contributed by atoms with Gasteiger partial charge in [-0.15, -0.1) is 11.8 Å². The number of hydrogen-bond acceptors (Lipinski definition) is 5. The molecule has 2 aromatic rings. The highest BCUT2D eigenvalue weighted by Crippen LogP contribution is 2.31. The van der Waals surface area contributed by atoms with Gasteiger partial charge in [0.1, 0.15) is 17.8 Å². The smallest absolute Gasteiger partial charge is 0.238 e. The van der Waals surface area contributed by atoms with E-state index >= 15 is 0 Å². The first-order valence-corrected chi connectivity index (χ1v) is 12.1. The van der Waals surface area contributed by atoms with E-state index in [-0.39, 0.29) is 22.6 Å². The number of sulfonamides is 1. The zero-order chi connectivity index (χ0) is 21.9. The molecule has 1 aliphatic rings. The highest BCUT2D eigenvalue weighted by molar-refractivity contribution is 7.99. The van der Waals surface area contributed by atoms with E-state index in [0.717, 1.165) is 17.0 Å². The Morgan fingerprint density at radius 2 is 1.90 bits per heavy atom. The minimum atomic E-state index is -4.09. The van der Waals surface area contributed by atoms with Crippen molar-refractivity contribution in [2.75, 3.05) is 30.7 Å². The summed E-state index contributed by atoms with van der Waals surface area (Å²) >= 11 is 7.56. The van der Waals surface area contributed by atoms with Crippen molar-refractivity contribution in [2.24, 2.45) is 5.14 Å². The molecule has 0 spiro atoms. The molecule has 3 rings (SSSR count). The summed E-state index contributed by atoms with van der Waals surface area (Å²) in [6.07, 6.45) is -0.240. The average Bonchev–Trinajstić information content (AvgIpc) is 2.64. The van der Waals surface area contributed by atoms with Gasteiger partial charge in [0.15, 0.2) is 0 Å². The molecule has 0 aromatic heterocycles. The Labute approximate surface area is 182 Å². The Bertz CT molecular complexity index is 964. The van der Waals surface area contributed by atoms with Crippen LogP contribution in [0.1, 0.15) is 6.42 Å².